The van der Waals surface area contributed by atoms with E-state index in [1.165, 1.54) is 0 Å². The van der Waals surface area contributed by atoms with Crippen LogP contribution in [0.2, 0.25) is 0 Å². The molecular weight excluding hydrogens is 338 g/mol. The fourth-order valence-corrected chi connectivity index (χ4v) is 2.54. The second kappa shape index (κ2) is 9.99. The minimum Gasteiger partial charge on any atom is -0.483 e. The van der Waals surface area contributed by atoms with E-state index in [9.17, 15) is 4.79 Å². The zero-order chi connectivity index (χ0) is 18.7. The molecule has 3 aromatic carbocycles. The summed E-state index contributed by atoms with van der Waals surface area (Å²) in [6.45, 7) is 1.04. The summed E-state index contributed by atoms with van der Waals surface area (Å²) in [4.78, 5) is 12.0. The molecule has 0 atom stereocenters. The molecule has 0 spiro atoms. The Balaban J connectivity index is 1.46. The number of amides is 1. The van der Waals surface area contributed by atoms with Gasteiger partial charge in [0.1, 0.15) is 5.75 Å². The van der Waals surface area contributed by atoms with Crippen LogP contribution in [0.25, 0.3) is 0 Å². The molecule has 3 aromatic rings. The molecule has 3 N–H and O–H groups in total. The molecule has 0 saturated carbocycles. The molecule has 0 saturated heterocycles. The predicted molar refractivity (Wildman–Crippen MR) is 107 cm³/mol. The molecule has 5 nitrogen and oxygen atoms in total. The van der Waals surface area contributed by atoms with E-state index in [2.05, 4.69) is 16.2 Å². The van der Waals surface area contributed by atoms with Gasteiger partial charge in [0.25, 0.3) is 5.91 Å². The van der Waals surface area contributed by atoms with Crippen molar-refractivity contribution >= 4 is 11.6 Å². The van der Waals surface area contributed by atoms with Crippen LogP contribution in [0.4, 0.5) is 5.69 Å². The molecule has 0 bridgehead atoms. The molecule has 27 heavy (non-hydrogen) atoms. The molecule has 3 rings (SSSR count). The smallest absolute Gasteiger partial charge is 0.258 e. The number of nitrogens with one attached hydrogen (secondary N) is 3. The summed E-state index contributed by atoms with van der Waals surface area (Å²) in [5, 5.41) is 2.86. The van der Waals surface area contributed by atoms with Crippen molar-refractivity contribution in [3.05, 3.63) is 96.1 Å². The molecule has 0 fully saturated rings. The molecule has 0 aliphatic carbocycles. The van der Waals surface area contributed by atoms with Gasteiger partial charge in [0.05, 0.1) is 0 Å². The zero-order valence-corrected chi connectivity index (χ0v) is 15.0. The fourth-order valence-electron chi connectivity index (χ4n) is 2.54. The quantitative estimate of drug-likeness (QED) is 0.511. The van der Waals surface area contributed by atoms with E-state index in [1.807, 2.05) is 84.9 Å². The molecule has 0 aliphatic heterocycles. The van der Waals surface area contributed by atoms with Crippen molar-refractivity contribution in [3.8, 4) is 5.75 Å². The van der Waals surface area contributed by atoms with Crippen LogP contribution in [0, 0.1) is 0 Å². The highest BCUT2D eigenvalue weighted by Gasteiger charge is 2.06. The van der Waals surface area contributed by atoms with Crippen molar-refractivity contribution in [1.82, 2.24) is 10.7 Å². The van der Waals surface area contributed by atoms with Crippen LogP contribution in [0.3, 0.4) is 0 Å². The first-order chi connectivity index (χ1) is 13.3. The Kier molecular flexibility index (Phi) is 6.84. The van der Waals surface area contributed by atoms with E-state index in [0.29, 0.717) is 18.8 Å². The van der Waals surface area contributed by atoms with Gasteiger partial charge in [0.2, 0.25) is 0 Å². The number of ether oxygens (including phenoxy) is 1. The standard InChI is InChI=1S/C22H23N3O2/c26-22(23-15-18-9-3-1-4-10-18)17-27-21-14-8-7-11-19(21)16-24-25-20-12-5-2-6-13-20/h1-14,24-25H,15-17H2,(H,23,26). The topological polar surface area (TPSA) is 62.4 Å². The van der Waals surface area contributed by atoms with Crippen LogP contribution in [0.5, 0.6) is 5.75 Å². The SMILES string of the molecule is O=C(COc1ccccc1CNNc1ccccc1)NCc1ccccc1. The van der Waals surface area contributed by atoms with E-state index in [0.717, 1.165) is 16.8 Å². The molecule has 5 heteroatoms. The first-order valence-corrected chi connectivity index (χ1v) is 8.86. The third kappa shape index (κ3) is 6.17. The summed E-state index contributed by atoms with van der Waals surface area (Å²) in [5.74, 6) is 0.541. The van der Waals surface area contributed by atoms with Gasteiger partial charge in [0.15, 0.2) is 6.61 Å². The van der Waals surface area contributed by atoms with E-state index in [4.69, 9.17) is 4.74 Å². The molecule has 1 amide bonds. The highest BCUT2D eigenvalue weighted by Crippen LogP contribution is 2.17. The van der Waals surface area contributed by atoms with Gasteiger partial charge in [0, 0.05) is 24.3 Å². The van der Waals surface area contributed by atoms with E-state index in [-0.39, 0.29) is 12.5 Å². The Labute approximate surface area is 159 Å². The predicted octanol–water partition coefficient (Wildman–Crippen LogP) is 3.50. The second-order valence-electron chi connectivity index (χ2n) is 6.00. The highest BCUT2D eigenvalue weighted by atomic mass is 16.5. The van der Waals surface area contributed by atoms with Gasteiger partial charge in [-0.25, -0.2) is 5.43 Å². The average Bonchev–Trinajstić information content (AvgIpc) is 2.73. The van der Waals surface area contributed by atoms with Crippen LogP contribution in [-0.2, 0) is 17.9 Å². The Bertz CT molecular complexity index is 838. The van der Waals surface area contributed by atoms with Crippen LogP contribution in [0.1, 0.15) is 11.1 Å². The summed E-state index contributed by atoms with van der Waals surface area (Å²) in [7, 11) is 0. The van der Waals surface area contributed by atoms with Gasteiger partial charge in [-0.05, 0) is 23.8 Å². The molecule has 138 valence electrons. The first kappa shape index (κ1) is 18.5. The van der Waals surface area contributed by atoms with Crippen LogP contribution < -0.4 is 20.9 Å². The van der Waals surface area contributed by atoms with Crippen molar-refractivity contribution < 1.29 is 9.53 Å². The van der Waals surface area contributed by atoms with Crippen molar-refractivity contribution in [2.45, 2.75) is 13.1 Å². The molecule has 0 unspecified atom stereocenters. The Morgan fingerprint density at radius 1 is 0.778 bits per heavy atom. The van der Waals surface area contributed by atoms with Crippen molar-refractivity contribution in [3.63, 3.8) is 0 Å². The molecule has 0 aliphatic rings. The number of anilines is 1. The van der Waals surface area contributed by atoms with Gasteiger partial charge in [-0.15, -0.1) is 0 Å². The van der Waals surface area contributed by atoms with Gasteiger partial charge in [-0.2, -0.15) is 0 Å². The Morgan fingerprint density at radius 3 is 2.22 bits per heavy atom. The van der Waals surface area contributed by atoms with Crippen LogP contribution in [-0.4, -0.2) is 12.5 Å². The summed E-state index contributed by atoms with van der Waals surface area (Å²) < 4.78 is 5.71. The number of para-hydroxylation sites is 2. The van der Waals surface area contributed by atoms with Gasteiger partial charge in [-0.1, -0.05) is 66.7 Å². The molecule has 0 aromatic heterocycles. The fraction of sp³-hybridized carbons (Fsp3) is 0.136. The number of hydrazine groups is 1. The number of rotatable bonds is 9. The normalized spacial score (nSPS) is 10.2. The van der Waals surface area contributed by atoms with Crippen molar-refractivity contribution in [2.24, 2.45) is 0 Å². The van der Waals surface area contributed by atoms with Crippen molar-refractivity contribution in [1.29, 1.82) is 0 Å². The second-order valence-corrected chi connectivity index (χ2v) is 6.00. The monoisotopic (exact) mass is 361 g/mol. The lowest BCUT2D eigenvalue weighted by molar-refractivity contribution is -0.123. The zero-order valence-electron chi connectivity index (χ0n) is 15.0. The van der Waals surface area contributed by atoms with Crippen molar-refractivity contribution in [2.75, 3.05) is 12.0 Å². The highest BCUT2D eigenvalue weighted by molar-refractivity contribution is 5.77. The average molecular weight is 361 g/mol. The maximum Gasteiger partial charge on any atom is 0.258 e. The minimum absolute atomic E-state index is 0.0179. The van der Waals surface area contributed by atoms with Crippen LogP contribution >= 0.6 is 0 Å². The van der Waals surface area contributed by atoms with E-state index < -0.39 is 0 Å². The van der Waals surface area contributed by atoms with E-state index in [1.54, 1.807) is 0 Å². The summed E-state index contributed by atoms with van der Waals surface area (Å²) in [5.41, 5.74) is 9.31. The summed E-state index contributed by atoms with van der Waals surface area (Å²) in [6, 6.07) is 27.3. The number of carbonyl (C=O) groups excluding carboxylic acids is 1. The lowest BCUT2D eigenvalue weighted by Crippen LogP contribution is -2.28. The summed E-state index contributed by atoms with van der Waals surface area (Å²) >= 11 is 0. The molecular formula is C22H23N3O2. The number of hydrogen-bond donors (Lipinski definition) is 3. The van der Waals surface area contributed by atoms with Gasteiger partial charge < -0.3 is 15.5 Å². The first-order valence-electron chi connectivity index (χ1n) is 8.86. The Hall–Kier alpha value is -3.31. The lowest BCUT2D eigenvalue weighted by atomic mass is 10.2. The summed E-state index contributed by atoms with van der Waals surface area (Å²) in [6.07, 6.45) is 0. The third-order valence-electron chi connectivity index (χ3n) is 3.95. The van der Waals surface area contributed by atoms with Gasteiger partial charge >= 0.3 is 0 Å². The molecule has 0 heterocycles. The minimum atomic E-state index is -0.149. The Morgan fingerprint density at radius 2 is 1.44 bits per heavy atom. The number of hydrogen-bond acceptors (Lipinski definition) is 4. The molecule has 0 radical (unpaired) electrons. The van der Waals surface area contributed by atoms with Crippen LogP contribution in [0.15, 0.2) is 84.9 Å². The third-order valence-corrected chi connectivity index (χ3v) is 3.95. The largest absolute Gasteiger partial charge is 0.483 e. The lowest BCUT2D eigenvalue weighted by Gasteiger charge is -2.13. The maximum absolute atomic E-state index is 12.0. The van der Waals surface area contributed by atoms with E-state index >= 15 is 0 Å². The number of benzene rings is 3. The van der Waals surface area contributed by atoms with Gasteiger partial charge in [-0.3, -0.25) is 4.79 Å². The number of carbonyl (C=O) groups is 1. The maximum atomic E-state index is 12.0.